The molecule has 0 aliphatic carbocycles. The molecule has 142 valence electrons. The molecule has 1 fully saturated rings. The quantitative estimate of drug-likeness (QED) is 0.870. The summed E-state index contributed by atoms with van der Waals surface area (Å²) in [5.41, 5.74) is 1.60. The standard InChI is InChI=1S/C20H29N3O3/c1-6-9-20(10-11-21-12-20)17-15(24)8-7-14-16(17)13(2)22-23(14)18(25)26-19(3,4)5/h7-8,21,24H,6,9-12H2,1-5H3. The number of aromatic nitrogens is 2. The number of carbonyl (C=O) groups is 1. The first kappa shape index (κ1) is 18.7. The molecule has 0 spiro atoms. The lowest BCUT2D eigenvalue weighted by atomic mass is 9.74. The zero-order valence-corrected chi connectivity index (χ0v) is 16.3. The molecule has 26 heavy (non-hydrogen) atoms. The number of aryl methyl sites for hydroxylation is 1. The van der Waals surface area contributed by atoms with Gasteiger partial charge in [0.05, 0.1) is 11.2 Å². The van der Waals surface area contributed by atoms with Crippen LogP contribution in [0.5, 0.6) is 5.75 Å². The summed E-state index contributed by atoms with van der Waals surface area (Å²) >= 11 is 0. The van der Waals surface area contributed by atoms with E-state index in [-0.39, 0.29) is 11.2 Å². The van der Waals surface area contributed by atoms with Crippen molar-refractivity contribution in [3.63, 3.8) is 0 Å². The zero-order chi connectivity index (χ0) is 19.1. The molecule has 0 bridgehead atoms. The van der Waals surface area contributed by atoms with Gasteiger partial charge in [-0.3, -0.25) is 0 Å². The SMILES string of the molecule is CCCC1(c2c(O)ccc3c2c(C)nn3C(=O)OC(C)(C)C)CCNC1. The van der Waals surface area contributed by atoms with E-state index in [9.17, 15) is 9.90 Å². The monoisotopic (exact) mass is 359 g/mol. The molecule has 2 N–H and O–H groups in total. The minimum absolute atomic E-state index is 0.134. The number of ether oxygens (including phenoxy) is 1. The maximum atomic E-state index is 12.6. The van der Waals surface area contributed by atoms with E-state index in [0.717, 1.165) is 49.0 Å². The fourth-order valence-corrected chi connectivity index (χ4v) is 4.13. The molecule has 2 heterocycles. The first-order valence-corrected chi connectivity index (χ1v) is 9.34. The molecule has 0 saturated carbocycles. The van der Waals surface area contributed by atoms with E-state index in [1.165, 1.54) is 4.68 Å². The number of nitrogens with zero attached hydrogens (tertiary/aromatic N) is 2. The van der Waals surface area contributed by atoms with E-state index in [2.05, 4.69) is 17.3 Å². The molecule has 6 heteroatoms. The van der Waals surface area contributed by atoms with Crippen LogP contribution in [-0.4, -0.2) is 39.7 Å². The molecular weight excluding hydrogens is 330 g/mol. The molecule has 3 rings (SSSR count). The highest BCUT2D eigenvalue weighted by atomic mass is 16.6. The topological polar surface area (TPSA) is 76.4 Å². The zero-order valence-electron chi connectivity index (χ0n) is 16.3. The molecule has 0 amide bonds. The van der Waals surface area contributed by atoms with E-state index in [1.54, 1.807) is 12.1 Å². The molecule has 0 radical (unpaired) electrons. The van der Waals surface area contributed by atoms with E-state index in [1.807, 2.05) is 27.7 Å². The van der Waals surface area contributed by atoms with Crippen LogP contribution >= 0.6 is 0 Å². The van der Waals surface area contributed by atoms with Crippen LogP contribution in [-0.2, 0) is 10.2 Å². The van der Waals surface area contributed by atoms with E-state index in [0.29, 0.717) is 5.52 Å². The normalized spacial score (nSPS) is 20.7. The Labute approximate surface area is 154 Å². The number of hydrogen-bond donors (Lipinski definition) is 2. The van der Waals surface area contributed by atoms with Crippen LogP contribution < -0.4 is 5.32 Å². The van der Waals surface area contributed by atoms with Gasteiger partial charge in [0.25, 0.3) is 0 Å². The number of phenolic OH excluding ortho intramolecular Hbond substituents is 1. The first-order valence-electron chi connectivity index (χ1n) is 9.34. The van der Waals surface area contributed by atoms with Crippen molar-refractivity contribution in [2.24, 2.45) is 0 Å². The Hall–Kier alpha value is -2.08. The predicted octanol–water partition coefficient (Wildman–Crippen LogP) is 3.86. The average molecular weight is 359 g/mol. The van der Waals surface area contributed by atoms with Crippen molar-refractivity contribution in [1.29, 1.82) is 0 Å². The van der Waals surface area contributed by atoms with Crippen LogP contribution in [0.1, 0.15) is 58.2 Å². The van der Waals surface area contributed by atoms with Crippen LogP contribution in [0.4, 0.5) is 4.79 Å². The van der Waals surface area contributed by atoms with Gasteiger partial charge >= 0.3 is 6.09 Å². The van der Waals surface area contributed by atoms with Crippen LogP contribution in [0.15, 0.2) is 12.1 Å². The van der Waals surface area contributed by atoms with Crippen molar-refractivity contribution in [3.8, 4) is 5.75 Å². The Kier molecular flexibility index (Phi) is 4.73. The van der Waals surface area contributed by atoms with Gasteiger partial charge in [-0.2, -0.15) is 9.78 Å². The maximum Gasteiger partial charge on any atom is 0.435 e. The van der Waals surface area contributed by atoms with Gasteiger partial charge in [-0.1, -0.05) is 13.3 Å². The fourth-order valence-electron chi connectivity index (χ4n) is 4.13. The predicted molar refractivity (Wildman–Crippen MR) is 102 cm³/mol. The van der Waals surface area contributed by atoms with Crippen molar-refractivity contribution >= 4 is 17.0 Å². The fraction of sp³-hybridized carbons (Fsp3) is 0.600. The minimum atomic E-state index is -0.595. The number of nitrogens with one attached hydrogen (secondary N) is 1. The van der Waals surface area contributed by atoms with Crippen molar-refractivity contribution in [1.82, 2.24) is 15.1 Å². The molecule has 1 saturated heterocycles. The van der Waals surface area contributed by atoms with Crippen LogP contribution in [0.2, 0.25) is 0 Å². The third kappa shape index (κ3) is 3.18. The van der Waals surface area contributed by atoms with Gasteiger partial charge in [0.1, 0.15) is 11.4 Å². The number of carbonyl (C=O) groups excluding carboxylic acids is 1. The highest BCUT2D eigenvalue weighted by Crippen LogP contribution is 2.44. The molecule has 1 aliphatic rings. The third-order valence-electron chi connectivity index (χ3n) is 5.07. The van der Waals surface area contributed by atoms with Crippen LogP contribution in [0.3, 0.4) is 0 Å². The number of benzene rings is 1. The highest BCUT2D eigenvalue weighted by Gasteiger charge is 2.39. The summed E-state index contributed by atoms with van der Waals surface area (Å²) in [6.07, 6.45) is 2.46. The van der Waals surface area contributed by atoms with E-state index >= 15 is 0 Å². The van der Waals surface area contributed by atoms with Crippen molar-refractivity contribution in [2.45, 2.75) is 64.9 Å². The highest BCUT2D eigenvalue weighted by molar-refractivity contribution is 5.94. The third-order valence-corrected chi connectivity index (χ3v) is 5.07. The number of rotatable bonds is 3. The van der Waals surface area contributed by atoms with E-state index < -0.39 is 11.7 Å². The number of fused-ring (bicyclic) bond motifs is 1. The second-order valence-electron chi connectivity index (χ2n) is 8.29. The molecular formula is C20H29N3O3. The van der Waals surface area contributed by atoms with Gasteiger partial charge < -0.3 is 15.2 Å². The lowest BCUT2D eigenvalue weighted by Crippen LogP contribution is -2.29. The molecule has 1 aromatic carbocycles. The number of aromatic hydroxyl groups is 1. The molecule has 1 unspecified atom stereocenters. The molecule has 2 aromatic rings. The van der Waals surface area contributed by atoms with Gasteiger partial charge in [0.15, 0.2) is 0 Å². The van der Waals surface area contributed by atoms with Gasteiger partial charge in [0.2, 0.25) is 0 Å². The summed E-state index contributed by atoms with van der Waals surface area (Å²) in [5.74, 6) is 0.279. The number of hydrogen-bond acceptors (Lipinski definition) is 5. The largest absolute Gasteiger partial charge is 0.508 e. The molecule has 1 atom stereocenters. The Morgan fingerprint density at radius 2 is 2.15 bits per heavy atom. The summed E-state index contributed by atoms with van der Waals surface area (Å²) in [6, 6.07) is 3.43. The van der Waals surface area contributed by atoms with Gasteiger partial charge in [-0.15, -0.1) is 0 Å². The number of phenols is 1. The molecule has 1 aliphatic heterocycles. The Bertz CT molecular complexity index is 827. The van der Waals surface area contributed by atoms with Gasteiger partial charge in [-0.05, 0) is 59.2 Å². The summed E-state index contributed by atoms with van der Waals surface area (Å²) in [5, 5.41) is 19.5. The van der Waals surface area contributed by atoms with Crippen molar-refractivity contribution in [2.75, 3.05) is 13.1 Å². The summed E-state index contributed by atoms with van der Waals surface area (Å²) < 4.78 is 6.82. The summed E-state index contributed by atoms with van der Waals surface area (Å²) in [4.78, 5) is 12.6. The van der Waals surface area contributed by atoms with Crippen LogP contribution in [0.25, 0.3) is 10.9 Å². The minimum Gasteiger partial charge on any atom is -0.508 e. The van der Waals surface area contributed by atoms with Gasteiger partial charge in [-0.25, -0.2) is 4.79 Å². The Morgan fingerprint density at radius 1 is 1.42 bits per heavy atom. The summed E-state index contributed by atoms with van der Waals surface area (Å²) in [7, 11) is 0. The average Bonchev–Trinajstić information content (AvgIpc) is 3.12. The summed E-state index contributed by atoms with van der Waals surface area (Å²) in [6.45, 7) is 11.3. The van der Waals surface area contributed by atoms with Gasteiger partial charge in [0, 0.05) is 22.9 Å². The second kappa shape index (κ2) is 6.58. The lowest BCUT2D eigenvalue weighted by Gasteiger charge is -2.30. The Balaban J connectivity index is 2.20. The van der Waals surface area contributed by atoms with Crippen molar-refractivity contribution in [3.05, 3.63) is 23.4 Å². The maximum absolute atomic E-state index is 12.6. The van der Waals surface area contributed by atoms with Crippen LogP contribution in [0, 0.1) is 6.92 Å². The molecule has 1 aromatic heterocycles. The van der Waals surface area contributed by atoms with E-state index in [4.69, 9.17) is 4.74 Å². The van der Waals surface area contributed by atoms with Crippen molar-refractivity contribution < 1.29 is 14.6 Å². The Morgan fingerprint density at radius 3 is 2.73 bits per heavy atom. The first-order chi connectivity index (χ1) is 12.2. The smallest absolute Gasteiger partial charge is 0.435 e. The molecule has 6 nitrogen and oxygen atoms in total. The lowest BCUT2D eigenvalue weighted by molar-refractivity contribution is 0.0522. The second-order valence-corrected chi connectivity index (χ2v) is 8.29.